The molecule has 55 heavy (non-hydrogen) atoms. The van der Waals surface area contributed by atoms with E-state index in [1.165, 1.54) is 0 Å². The molecule has 0 amide bonds. The normalized spacial score (nSPS) is 13.1. The van der Waals surface area contributed by atoms with Crippen LogP contribution >= 0.6 is 0 Å². The molecule has 266 valence electrons. The number of benzene rings is 6. The van der Waals surface area contributed by atoms with E-state index in [1.807, 2.05) is 120 Å². The Labute approximate surface area is 327 Å². The SMILES string of the molecule is [Pt].[c-]1c(N2C=CN(c3ccccc3)[CH-]2)cc2c(oc3ccc4c5ccccc5oc4c32)c1Oc1[c-]c2c(cc1)n1c3ccccc3nc1n2-c1ccccn1. The molecule has 0 unspecified atom stereocenters. The Hall–Kier alpha value is -6.83. The quantitative estimate of drug-likeness (QED) is 0.159. The molecule has 0 N–H and O–H groups in total. The standard InChI is InChI=1S/C45H25N6O3.Pt/c1-2-10-28(11-3-1)48-22-23-49(27-48)29-24-33-42-39(20-18-32-31-12-4-7-15-38(31)53-44(32)42)54-43(33)40(25-29)52-30-17-19-36-37(26-30)51(41-16-8-9-21-46-41)45-47-34-13-5-6-14-35(34)50(36)45;/h1-24,27H;/q-3;. The van der Waals surface area contributed by atoms with Crippen LogP contribution in [-0.2, 0) is 21.1 Å². The number of fused-ring (bicyclic) bond motifs is 12. The van der Waals surface area contributed by atoms with E-state index in [0.717, 1.165) is 77.7 Å². The second-order valence-electron chi connectivity index (χ2n) is 13.2. The van der Waals surface area contributed by atoms with E-state index in [1.54, 1.807) is 6.20 Å². The maximum Gasteiger partial charge on any atom is 0.208 e. The van der Waals surface area contributed by atoms with Gasteiger partial charge in [-0.3, -0.25) is 4.57 Å². The summed E-state index contributed by atoms with van der Waals surface area (Å²) in [5, 5.41) is 3.79. The molecular formula is C45H25N6O3Pt-3. The van der Waals surface area contributed by atoms with Gasteiger partial charge in [0.05, 0.1) is 22.4 Å². The van der Waals surface area contributed by atoms with Crippen molar-refractivity contribution in [3.05, 3.63) is 165 Å². The molecule has 0 saturated heterocycles. The molecule has 0 radical (unpaired) electrons. The van der Waals surface area contributed by atoms with E-state index in [2.05, 4.69) is 57.8 Å². The molecule has 0 saturated carbocycles. The van der Waals surface area contributed by atoms with Crippen molar-refractivity contribution in [2.75, 3.05) is 9.80 Å². The minimum Gasteiger partial charge on any atom is -0.512 e. The van der Waals surface area contributed by atoms with Crippen LogP contribution in [0, 0.1) is 18.8 Å². The Morgan fingerprint density at radius 3 is 2.38 bits per heavy atom. The first kappa shape index (κ1) is 31.7. The van der Waals surface area contributed by atoms with Crippen molar-refractivity contribution in [1.82, 2.24) is 18.9 Å². The van der Waals surface area contributed by atoms with Crippen molar-refractivity contribution in [3.63, 3.8) is 0 Å². The fraction of sp³-hybridized carbons (Fsp3) is 0. The molecule has 10 heteroatoms. The first-order valence-electron chi connectivity index (χ1n) is 17.6. The summed E-state index contributed by atoms with van der Waals surface area (Å²) >= 11 is 0. The maximum atomic E-state index is 6.79. The molecule has 0 aliphatic carbocycles. The molecule has 11 aromatic rings. The first-order chi connectivity index (χ1) is 26.7. The Morgan fingerprint density at radius 1 is 0.655 bits per heavy atom. The number of nitrogens with zero attached hydrogens (tertiary/aromatic N) is 6. The summed E-state index contributed by atoms with van der Waals surface area (Å²) in [6.07, 6.45) is 5.80. The summed E-state index contributed by atoms with van der Waals surface area (Å²) in [4.78, 5) is 13.8. The molecule has 5 aromatic heterocycles. The van der Waals surface area contributed by atoms with Gasteiger partial charge >= 0.3 is 0 Å². The van der Waals surface area contributed by atoms with E-state index < -0.39 is 0 Å². The van der Waals surface area contributed by atoms with Crippen molar-refractivity contribution >= 4 is 83.1 Å². The fourth-order valence-electron chi connectivity index (χ4n) is 7.68. The van der Waals surface area contributed by atoms with Crippen molar-refractivity contribution < 1.29 is 34.6 Å². The predicted octanol–water partition coefficient (Wildman–Crippen LogP) is 10.9. The minimum absolute atomic E-state index is 0. The average Bonchev–Trinajstić information content (AvgIpc) is 4.05. The third-order valence-corrected chi connectivity index (χ3v) is 10.1. The van der Waals surface area contributed by atoms with Crippen molar-refractivity contribution in [3.8, 4) is 17.3 Å². The molecule has 9 nitrogen and oxygen atoms in total. The third-order valence-electron chi connectivity index (χ3n) is 10.1. The predicted molar refractivity (Wildman–Crippen MR) is 211 cm³/mol. The van der Waals surface area contributed by atoms with Crippen molar-refractivity contribution in [2.24, 2.45) is 0 Å². The summed E-state index contributed by atoms with van der Waals surface area (Å²) in [6, 6.07) is 49.4. The number of para-hydroxylation sites is 4. The Morgan fingerprint density at radius 2 is 1.47 bits per heavy atom. The topological polar surface area (TPSA) is 77.1 Å². The number of furan rings is 2. The van der Waals surface area contributed by atoms with Gasteiger partial charge in [0.2, 0.25) is 5.78 Å². The fourth-order valence-corrected chi connectivity index (χ4v) is 7.68. The number of ether oxygens (including phenoxy) is 1. The van der Waals surface area contributed by atoms with Crippen LogP contribution < -0.4 is 14.5 Å². The van der Waals surface area contributed by atoms with Crippen LogP contribution in [0.2, 0.25) is 0 Å². The van der Waals surface area contributed by atoms with Gasteiger partial charge in [0.1, 0.15) is 22.6 Å². The Bertz CT molecular complexity index is 3310. The second kappa shape index (κ2) is 12.1. The van der Waals surface area contributed by atoms with Gasteiger partial charge in [-0.15, -0.1) is 42.7 Å². The molecular weight excluding hydrogens is 868 g/mol. The van der Waals surface area contributed by atoms with E-state index in [9.17, 15) is 0 Å². The van der Waals surface area contributed by atoms with Gasteiger partial charge in [0.25, 0.3) is 0 Å². The molecule has 1 aliphatic rings. The van der Waals surface area contributed by atoms with E-state index in [-0.39, 0.29) is 21.1 Å². The number of hydrogen-bond donors (Lipinski definition) is 0. The van der Waals surface area contributed by atoms with Crippen molar-refractivity contribution in [1.29, 1.82) is 0 Å². The number of pyridine rings is 1. The zero-order valence-corrected chi connectivity index (χ0v) is 30.9. The van der Waals surface area contributed by atoms with Gasteiger partial charge in [-0.2, -0.15) is 0 Å². The largest absolute Gasteiger partial charge is 0.512 e. The molecule has 6 aromatic carbocycles. The second-order valence-corrected chi connectivity index (χ2v) is 13.2. The van der Waals surface area contributed by atoms with E-state index in [0.29, 0.717) is 22.7 Å². The average molecular weight is 893 g/mol. The van der Waals surface area contributed by atoms with Gasteiger partial charge in [0, 0.05) is 54.9 Å². The summed E-state index contributed by atoms with van der Waals surface area (Å²) < 4.78 is 24.1. The number of imidazole rings is 2. The summed E-state index contributed by atoms with van der Waals surface area (Å²) in [5.41, 5.74) is 8.24. The van der Waals surface area contributed by atoms with Crippen LogP contribution in [0.15, 0.2) is 155 Å². The minimum atomic E-state index is 0. The first-order valence-corrected chi connectivity index (χ1v) is 17.6. The number of anilines is 2. The van der Waals surface area contributed by atoms with Crippen LogP contribution in [0.5, 0.6) is 11.5 Å². The smallest absolute Gasteiger partial charge is 0.208 e. The Kier molecular flexibility index (Phi) is 6.97. The van der Waals surface area contributed by atoms with Crippen LogP contribution in [0.4, 0.5) is 11.4 Å². The van der Waals surface area contributed by atoms with Gasteiger partial charge in [-0.1, -0.05) is 60.0 Å². The zero-order valence-electron chi connectivity index (χ0n) is 28.7. The van der Waals surface area contributed by atoms with E-state index in [4.69, 9.17) is 23.5 Å². The van der Waals surface area contributed by atoms with Gasteiger partial charge in [0.15, 0.2) is 0 Å². The van der Waals surface area contributed by atoms with Crippen LogP contribution in [0.3, 0.4) is 0 Å². The molecule has 0 fully saturated rings. The van der Waals surface area contributed by atoms with Crippen LogP contribution in [-0.4, -0.2) is 18.9 Å². The number of hydrogen-bond acceptors (Lipinski definition) is 7. The zero-order chi connectivity index (χ0) is 35.3. The molecule has 1 aliphatic heterocycles. The third kappa shape index (κ3) is 4.76. The maximum absolute atomic E-state index is 6.79. The molecule has 0 spiro atoms. The number of rotatable bonds is 5. The summed E-state index contributed by atoms with van der Waals surface area (Å²) in [6.45, 7) is 2.02. The number of aromatic nitrogens is 4. The summed E-state index contributed by atoms with van der Waals surface area (Å²) in [5.74, 6) is 2.37. The van der Waals surface area contributed by atoms with Crippen LogP contribution in [0.25, 0.3) is 77.5 Å². The monoisotopic (exact) mass is 892 g/mol. The molecule has 6 heterocycles. The summed E-state index contributed by atoms with van der Waals surface area (Å²) in [7, 11) is 0. The van der Waals surface area contributed by atoms with Crippen LogP contribution in [0.1, 0.15) is 0 Å². The van der Waals surface area contributed by atoms with Crippen molar-refractivity contribution in [2.45, 2.75) is 0 Å². The van der Waals surface area contributed by atoms with Gasteiger partial charge in [-0.25, -0.2) is 9.97 Å². The molecule has 12 rings (SSSR count). The Balaban J connectivity index is 0.00000352. The van der Waals surface area contributed by atoms with Gasteiger partial charge in [-0.05, 0) is 78.0 Å². The molecule has 0 bridgehead atoms. The van der Waals surface area contributed by atoms with E-state index >= 15 is 0 Å². The molecule has 0 atom stereocenters. The van der Waals surface area contributed by atoms with Gasteiger partial charge < -0.3 is 27.8 Å².